The van der Waals surface area contributed by atoms with Crippen molar-refractivity contribution >= 4 is 0 Å². The van der Waals surface area contributed by atoms with Crippen molar-refractivity contribution < 1.29 is 5.11 Å². The molecule has 0 aromatic carbocycles. The van der Waals surface area contributed by atoms with Gasteiger partial charge in [0.15, 0.2) is 0 Å². The molecule has 0 aromatic rings. The van der Waals surface area contributed by atoms with E-state index in [1.165, 1.54) is 51.4 Å². The maximum Gasteiger partial charge on any atom is 0.0545 e. The van der Waals surface area contributed by atoms with Gasteiger partial charge in [-0.05, 0) is 91.8 Å². The zero-order valence-corrected chi connectivity index (χ0v) is 14.3. The molecule has 1 heteroatoms. The summed E-state index contributed by atoms with van der Waals surface area (Å²) in [5.74, 6) is 2.96. The Balaban J connectivity index is 1.67. The van der Waals surface area contributed by atoms with Crippen LogP contribution >= 0.6 is 0 Å². The van der Waals surface area contributed by atoms with Crippen molar-refractivity contribution in [2.45, 2.75) is 91.1 Å². The lowest BCUT2D eigenvalue weighted by Crippen LogP contribution is -2.57. The van der Waals surface area contributed by atoms with Gasteiger partial charge in [-0.15, -0.1) is 0 Å². The van der Waals surface area contributed by atoms with Crippen LogP contribution in [0.2, 0.25) is 0 Å². The van der Waals surface area contributed by atoms with E-state index in [1.807, 2.05) is 0 Å². The van der Waals surface area contributed by atoms with Crippen LogP contribution < -0.4 is 0 Å². The number of hydrogen-bond acceptors (Lipinski definition) is 1. The summed E-state index contributed by atoms with van der Waals surface area (Å²) in [6, 6.07) is 0. The molecule has 1 N–H and O–H groups in total. The second kappa shape index (κ2) is 4.49. The van der Waals surface area contributed by atoms with Crippen LogP contribution in [-0.2, 0) is 0 Å². The van der Waals surface area contributed by atoms with E-state index in [0.717, 1.165) is 30.6 Å². The Morgan fingerprint density at radius 2 is 1.62 bits per heavy atom. The molecule has 0 saturated heterocycles. The Morgan fingerprint density at radius 3 is 2.43 bits per heavy atom. The maximum absolute atomic E-state index is 10.2. The number of fused-ring (bicyclic) bond motifs is 5. The zero-order valence-electron chi connectivity index (χ0n) is 14.3. The fraction of sp³-hybridized carbons (Fsp3) is 1.00. The quantitative estimate of drug-likeness (QED) is 0.652. The average molecular weight is 290 g/mol. The van der Waals surface area contributed by atoms with Crippen LogP contribution in [0.25, 0.3) is 0 Å². The Bertz CT molecular complexity index is 432. The lowest BCUT2D eigenvalue weighted by Gasteiger charge is -2.64. The lowest BCUT2D eigenvalue weighted by atomic mass is 9.40. The SMILES string of the molecule is CC12CCCC1C1CCC3(C)CC(O)CCC3(C)C1CC2. The highest BCUT2D eigenvalue weighted by molar-refractivity contribution is 5.11. The number of aliphatic hydroxyl groups excluding tert-OH is 1. The van der Waals surface area contributed by atoms with Crippen LogP contribution in [0.3, 0.4) is 0 Å². The summed E-state index contributed by atoms with van der Waals surface area (Å²) in [6.07, 6.45) is 13.6. The van der Waals surface area contributed by atoms with Gasteiger partial charge in [0.2, 0.25) is 0 Å². The Morgan fingerprint density at radius 1 is 0.810 bits per heavy atom. The van der Waals surface area contributed by atoms with Crippen LogP contribution in [0.5, 0.6) is 0 Å². The minimum absolute atomic E-state index is 0.0278. The molecular formula is C20H34O. The van der Waals surface area contributed by atoms with E-state index in [-0.39, 0.29) is 6.10 Å². The molecule has 4 rings (SSSR count). The van der Waals surface area contributed by atoms with Gasteiger partial charge in [-0.2, -0.15) is 0 Å². The Labute approximate surface area is 130 Å². The second-order valence-electron chi connectivity index (χ2n) is 9.88. The van der Waals surface area contributed by atoms with Gasteiger partial charge in [0.25, 0.3) is 0 Å². The van der Waals surface area contributed by atoms with E-state index in [4.69, 9.17) is 0 Å². The monoisotopic (exact) mass is 290 g/mol. The number of aliphatic hydroxyl groups is 1. The van der Waals surface area contributed by atoms with Crippen LogP contribution in [0.4, 0.5) is 0 Å². The first-order valence-corrected chi connectivity index (χ1v) is 9.56. The third kappa shape index (κ3) is 1.85. The van der Waals surface area contributed by atoms with E-state index in [2.05, 4.69) is 20.8 Å². The van der Waals surface area contributed by atoms with E-state index < -0.39 is 0 Å². The maximum atomic E-state index is 10.2. The van der Waals surface area contributed by atoms with Crippen LogP contribution in [0.1, 0.15) is 85.0 Å². The summed E-state index contributed by atoms with van der Waals surface area (Å²) in [6.45, 7) is 7.71. The van der Waals surface area contributed by atoms with Crippen molar-refractivity contribution in [1.82, 2.24) is 0 Å². The van der Waals surface area contributed by atoms with Crippen molar-refractivity contribution in [2.75, 3.05) is 0 Å². The molecule has 120 valence electrons. The predicted molar refractivity (Wildman–Crippen MR) is 87.0 cm³/mol. The van der Waals surface area contributed by atoms with Gasteiger partial charge in [-0.25, -0.2) is 0 Å². The summed E-state index contributed by atoms with van der Waals surface area (Å²) in [4.78, 5) is 0. The summed E-state index contributed by atoms with van der Waals surface area (Å²) >= 11 is 0. The van der Waals surface area contributed by atoms with Crippen LogP contribution in [0.15, 0.2) is 0 Å². The highest BCUT2D eigenvalue weighted by atomic mass is 16.3. The fourth-order valence-electron chi connectivity index (χ4n) is 7.60. The minimum atomic E-state index is -0.0278. The molecule has 0 radical (unpaired) electrons. The molecule has 4 aliphatic rings. The smallest absolute Gasteiger partial charge is 0.0545 e. The summed E-state index contributed by atoms with van der Waals surface area (Å²) in [7, 11) is 0. The van der Waals surface area contributed by atoms with Gasteiger partial charge < -0.3 is 5.11 Å². The van der Waals surface area contributed by atoms with E-state index >= 15 is 0 Å². The van der Waals surface area contributed by atoms with Gasteiger partial charge in [0.05, 0.1) is 6.10 Å². The Kier molecular flexibility index (Phi) is 3.11. The summed E-state index contributed by atoms with van der Waals surface area (Å²) in [5, 5.41) is 10.2. The first-order chi connectivity index (χ1) is 9.88. The molecule has 1 nitrogen and oxygen atoms in total. The molecule has 4 saturated carbocycles. The van der Waals surface area contributed by atoms with E-state index in [9.17, 15) is 5.11 Å². The third-order valence-corrected chi connectivity index (χ3v) is 9.13. The molecular weight excluding hydrogens is 256 g/mol. The zero-order chi connectivity index (χ0) is 14.9. The van der Waals surface area contributed by atoms with Gasteiger partial charge in [0.1, 0.15) is 0 Å². The molecule has 4 aliphatic carbocycles. The van der Waals surface area contributed by atoms with Gasteiger partial charge >= 0.3 is 0 Å². The van der Waals surface area contributed by atoms with Crippen molar-refractivity contribution in [3.05, 3.63) is 0 Å². The predicted octanol–water partition coefficient (Wildman–Crippen LogP) is 5.17. The van der Waals surface area contributed by atoms with Crippen molar-refractivity contribution in [1.29, 1.82) is 0 Å². The average Bonchev–Trinajstić information content (AvgIpc) is 2.82. The minimum Gasteiger partial charge on any atom is -0.393 e. The highest BCUT2D eigenvalue weighted by Crippen LogP contribution is 2.69. The van der Waals surface area contributed by atoms with E-state index in [0.29, 0.717) is 16.2 Å². The molecule has 0 amide bonds. The van der Waals surface area contributed by atoms with E-state index in [1.54, 1.807) is 0 Å². The highest BCUT2D eigenvalue weighted by Gasteiger charge is 2.61. The van der Waals surface area contributed by atoms with Gasteiger partial charge in [-0.3, -0.25) is 0 Å². The summed E-state index contributed by atoms with van der Waals surface area (Å²) < 4.78 is 0. The topological polar surface area (TPSA) is 20.2 Å². The fourth-order valence-corrected chi connectivity index (χ4v) is 7.60. The molecule has 21 heavy (non-hydrogen) atoms. The largest absolute Gasteiger partial charge is 0.393 e. The number of hydrogen-bond donors (Lipinski definition) is 1. The molecule has 0 spiro atoms. The summed E-state index contributed by atoms with van der Waals surface area (Å²) in [5.41, 5.74) is 1.58. The molecule has 4 fully saturated rings. The van der Waals surface area contributed by atoms with Gasteiger partial charge in [0, 0.05) is 0 Å². The molecule has 0 heterocycles. The lowest BCUT2D eigenvalue weighted by molar-refractivity contribution is -0.166. The second-order valence-corrected chi connectivity index (χ2v) is 9.88. The van der Waals surface area contributed by atoms with Crippen LogP contribution in [-0.4, -0.2) is 11.2 Å². The molecule has 0 aromatic heterocycles. The molecule has 0 aliphatic heterocycles. The van der Waals surface area contributed by atoms with Crippen molar-refractivity contribution in [3.63, 3.8) is 0 Å². The normalized spacial score (nSPS) is 60.0. The standard InChI is InChI=1S/C20H34O/c1-18-9-4-5-16(18)15-7-11-19(2)13-14(21)6-12-20(19,3)17(15)8-10-18/h14-17,21H,4-13H2,1-3H3. The number of rotatable bonds is 0. The van der Waals surface area contributed by atoms with Crippen molar-refractivity contribution in [2.24, 2.45) is 34.0 Å². The molecule has 0 bridgehead atoms. The van der Waals surface area contributed by atoms with Crippen LogP contribution in [0, 0.1) is 34.0 Å². The first-order valence-electron chi connectivity index (χ1n) is 9.56. The third-order valence-electron chi connectivity index (χ3n) is 9.13. The Hall–Kier alpha value is -0.0400. The molecule has 7 atom stereocenters. The first kappa shape index (κ1) is 14.5. The molecule has 7 unspecified atom stereocenters. The van der Waals surface area contributed by atoms with Crippen molar-refractivity contribution in [3.8, 4) is 0 Å². The van der Waals surface area contributed by atoms with Gasteiger partial charge in [-0.1, -0.05) is 27.2 Å².